The zero-order valence-electron chi connectivity index (χ0n) is 45.3. The summed E-state index contributed by atoms with van der Waals surface area (Å²) in [5.41, 5.74) is 0. The molecule has 0 bridgehead atoms. The van der Waals surface area contributed by atoms with Crippen LogP contribution in [0.3, 0.4) is 0 Å². The molecule has 396 valence electrons. The lowest BCUT2D eigenvalue weighted by molar-refractivity contribution is -0.167. The summed E-state index contributed by atoms with van der Waals surface area (Å²) in [6.07, 6.45) is 74.3. The molecule has 0 fully saturated rings. The summed E-state index contributed by atoms with van der Waals surface area (Å²) < 4.78 is 16.8. The number of allylic oxidation sites excluding steroid dienone is 14. The quantitative estimate of drug-likeness (QED) is 0.0262. The van der Waals surface area contributed by atoms with E-state index in [4.69, 9.17) is 14.2 Å². The Morgan fingerprint density at radius 3 is 0.957 bits per heavy atom. The normalized spacial score (nSPS) is 12.7. The fourth-order valence-corrected chi connectivity index (χ4v) is 8.04. The van der Waals surface area contributed by atoms with Crippen LogP contribution in [-0.2, 0) is 28.6 Å². The highest BCUT2D eigenvalue weighted by atomic mass is 16.6. The molecule has 0 aliphatic carbocycles. The first-order chi connectivity index (χ1) is 34.0. The van der Waals surface area contributed by atoms with E-state index < -0.39 is 6.10 Å². The lowest BCUT2D eigenvalue weighted by atomic mass is 10.0. The minimum absolute atomic E-state index is 0.0983. The van der Waals surface area contributed by atoms with Gasteiger partial charge in [0.15, 0.2) is 6.10 Å². The lowest BCUT2D eigenvalue weighted by Gasteiger charge is -2.18. The van der Waals surface area contributed by atoms with Gasteiger partial charge in [-0.1, -0.05) is 254 Å². The first kappa shape index (κ1) is 65.6. The Labute approximate surface area is 426 Å². The molecule has 0 radical (unpaired) electrons. The summed E-state index contributed by atoms with van der Waals surface area (Å²) in [7, 11) is 0. The third-order valence-corrected chi connectivity index (χ3v) is 12.4. The van der Waals surface area contributed by atoms with E-state index in [9.17, 15) is 14.4 Å². The van der Waals surface area contributed by atoms with E-state index in [1.54, 1.807) is 0 Å². The maximum absolute atomic E-state index is 12.8. The Balaban J connectivity index is 4.45. The van der Waals surface area contributed by atoms with Crippen LogP contribution in [0.4, 0.5) is 0 Å². The zero-order valence-corrected chi connectivity index (χ0v) is 45.3. The topological polar surface area (TPSA) is 78.9 Å². The minimum atomic E-state index is -0.807. The number of rotatable bonds is 52. The molecule has 0 amide bonds. The molecule has 0 saturated carbocycles. The first-order valence-corrected chi connectivity index (χ1v) is 29.1. The van der Waals surface area contributed by atoms with E-state index in [0.29, 0.717) is 19.3 Å². The maximum atomic E-state index is 12.8. The lowest BCUT2D eigenvalue weighted by Crippen LogP contribution is -2.30. The largest absolute Gasteiger partial charge is 0.462 e. The second-order valence-electron chi connectivity index (χ2n) is 19.2. The summed E-state index contributed by atoms with van der Waals surface area (Å²) >= 11 is 0. The molecular weight excluding hydrogens is 853 g/mol. The number of carbonyl (C=O) groups is 3. The molecule has 1 atom stereocenters. The third kappa shape index (κ3) is 55.4. The van der Waals surface area contributed by atoms with Gasteiger partial charge in [0.05, 0.1) is 0 Å². The van der Waals surface area contributed by atoms with Crippen molar-refractivity contribution in [3.05, 3.63) is 85.1 Å². The predicted molar refractivity (Wildman–Crippen MR) is 297 cm³/mol. The van der Waals surface area contributed by atoms with Crippen LogP contribution in [-0.4, -0.2) is 37.2 Å². The average molecular weight is 962 g/mol. The summed E-state index contributed by atoms with van der Waals surface area (Å²) in [6, 6.07) is 0. The highest BCUT2D eigenvalue weighted by Crippen LogP contribution is 2.16. The molecule has 0 aromatic rings. The molecule has 6 heteroatoms. The second kappa shape index (κ2) is 57.2. The van der Waals surface area contributed by atoms with Crippen molar-refractivity contribution < 1.29 is 28.6 Å². The van der Waals surface area contributed by atoms with Gasteiger partial charge in [-0.15, -0.1) is 0 Å². The van der Waals surface area contributed by atoms with Crippen LogP contribution in [0.25, 0.3) is 0 Å². The van der Waals surface area contributed by atoms with Gasteiger partial charge in [0.2, 0.25) is 0 Å². The molecule has 0 aromatic heterocycles. The van der Waals surface area contributed by atoms with Crippen molar-refractivity contribution in [2.24, 2.45) is 0 Å². The zero-order chi connectivity index (χ0) is 50.0. The van der Waals surface area contributed by atoms with Gasteiger partial charge in [-0.2, -0.15) is 0 Å². The van der Waals surface area contributed by atoms with Gasteiger partial charge in [0.25, 0.3) is 0 Å². The smallest absolute Gasteiger partial charge is 0.306 e. The average Bonchev–Trinajstić information content (AvgIpc) is 3.35. The number of ether oxygens (including phenoxy) is 3. The Bertz CT molecular complexity index is 1330. The summed E-state index contributed by atoms with van der Waals surface area (Å²) in [5.74, 6) is -0.953. The molecule has 69 heavy (non-hydrogen) atoms. The Kier molecular flexibility index (Phi) is 54.3. The van der Waals surface area contributed by atoms with Crippen molar-refractivity contribution in [2.75, 3.05) is 13.2 Å². The van der Waals surface area contributed by atoms with Gasteiger partial charge >= 0.3 is 17.9 Å². The molecule has 0 heterocycles. The van der Waals surface area contributed by atoms with Crippen LogP contribution >= 0.6 is 0 Å². The summed E-state index contributed by atoms with van der Waals surface area (Å²) in [5, 5.41) is 0. The van der Waals surface area contributed by atoms with Gasteiger partial charge in [0.1, 0.15) is 13.2 Å². The van der Waals surface area contributed by atoms with Crippen molar-refractivity contribution in [1.82, 2.24) is 0 Å². The van der Waals surface area contributed by atoms with Crippen molar-refractivity contribution in [3.63, 3.8) is 0 Å². The van der Waals surface area contributed by atoms with Crippen molar-refractivity contribution >= 4 is 17.9 Å². The van der Waals surface area contributed by atoms with Crippen LogP contribution in [0, 0.1) is 0 Å². The van der Waals surface area contributed by atoms with E-state index in [1.165, 1.54) is 148 Å². The maximum Gasteiger partial charge on any atom is 0.306 e. The molecule has 0 saturated heterocycles. The molecule has 1 unspecified atom stereocenters. The molecule has 0 aliphatic rings. The van der Waals surface area contributed by atoms with Crippen LogP contribution < -0.4 is 0 Å². The predicted octanol–water partition coefficient (Wildman–Crippen LogP) is 19.5. The van der Waals surface area contributed by atoms with Gasteiger partial charge in [-0.3, -0.25) is 14.4 Å². The van der Waals surface area contributed by atoms with Crippen LogP contribution in [0.1, 0.15) is 278 Å². The first-order valence-electron chi connectivity index (χ1n) is 29.1. The summed E-state index contributed by atoms with van der Waals surface area (Å²) in [4.78, 5) is 38.2. The Morgan fingerprint density at radius 1 is 0.304 bits per heavy atom. The monoisotopic (exact) mass is 961 g/mol. The highest BCUT2D eigenvalue weighted by Gasteiger charge is 2.19. The van der Waals surface area contributed by atoms with Gasteiger partial charge < -0.3 is 14.2 Å². The van der Waals surface area contributed by atoms with E-state index in [2.05, 4.69) is 106 Å². The van der Waals surface area contributed by atoms with Crippen molar-refractivity contribution in [3.8, 4) is 0 Å². The number of hydrogen-bond donors (Lipinski definition) is 0. The second-order valence-corrected chi connectivity index (χ2v) is 19.2. The van der Waals surface area contributed by atoms with E-state index in [0.717, 1.165) is 83.5 Å². The standard InChI is InChI=1S/C63H108O6/c1-4-7-10-13-16-19-22-25-28-30-31-33-35-38-41-44-47-50-53-56-62(65)68-59-60(58-67-61(64)55-52-49-46-43-40-37-34-27-24-21-18-15-12-9-6-3)69-63(66)57-54-51-48-45-42-39-36-32-29-26-23-20-17-14-11-8-5-2/h8,11,16-17,19-20,25-26,28-29,36,39,45,48,60H,4-7,9-10,12-15,18,21-24,27,30-35,37-38,40-44,46-47,49-59H2,1-3H3/b11-8-,19-16-,20-17-,28-25-,29-26-,39-36-,48-45-. The number of esters is 3. The molecule has 0 aliphatic heterocycles. The van der Waals surface area contributed by atoms with E-state index in [1.807, 2.05) is 0 Å². The van der Waals surface area contributed by atoms with Gasteiger partial charge in [-0.25, -0.2) is 0 Å². The fraction of sp³-hybridized carbons (Fsp3) is 0.730. The molecule has 6 nitrogen and oxygen atoms in total. The van der Waals surface area contributed by atoms with Gasteiger partial charge in [-0.05, 0) is 89.9 Å². The van der Waals surface area contributed by atoms with Gasteiger partial charge in [0, 0.05) is 19.3 Å². The fourth-order valence-electron chi connectivity index (χ4n) is 8.04. The number of carbonyl (C=O) groups excluding carboxylic acids is 3. The molecule has 0 rings (SSSR count). The van der Waals surface area contributed by atoms with Crippen molar-refractivity contribution in [2.45, 2.75) is 284 Å². The Hall–Kier alpha value is -3.41. The highest BCUT2D eigenvalue weighted by molar-refractivity contribution is 5.71. The SMILES string of the molecule is CC/C=C\C/C=C\C/C=C\C/C=C\C/C=C\CCCC(=O)OC(COC(=O)CCCCCCCCCCC/C=C\C/C=C\CCCCC)COC(=O)CCCCCCCCCCCCCCCCC. The summed E-state index contributed by atoms with van der Waals surface area (Å²) in [6.45, 7) is 6.47. The third-order valence-electron chi connectivity index (χ3n) is 12.4. The molecule has 0 N–H and O–H groups in total. The number of hydrogen-bond acceptors (Lipinski definition) is 6. The molecule has 0 aromatic carbocycles. The Morgan fingerprint density at radius 2 is 0.580 bits per heavy atom. The van der Waals surface area contributed by atoms with Crippen molar-refractivity contribution in [1.29, 1.82) is 0 Å². The van der Waals surface area contributed by atoms with Crippen LogP contribution in [0.15, 0.2) is 85.1 Å². The molecular formula is C63H108O6. The molecule has 0 spiro atoms. The number of unbranched alkanes of at least 4 members (excludes halogenated alkanes) is 27. The van der Waals surface area contributed by atoms with Crippen LogP contribution in [0.5, 0.6) is 0 Å². The van der Waals surface area contributed by atoms with E-state index >= 15 is 0 Å². The van der Waals surface area contributed by atoms with Crippen LogP contribution in [0.2, 0.25) is 0 Å². The minimum Gasteiger partial charge on any atom is -0.462 e. The van der Waals surface area contributed by atoms with E-state index in [-0.39, 0.29) is 37.5 Å².